The Morgan fingerprint density at radius 3 is 2.81 bits per heavy atom. The maximum atomic E-state index is 12.8. The number of aromatic nitrogens is 2. The second-order valence-corrected chi connectivity index (χ2v) is 5.27. The molecule has 0 fully saturated rings. The van der Waals surface area contributed by atoms with Crippen molar-refractivity contribution in [1.82, 2.24) is 14.9 Å². The maximum Gasteiger partial charge on any atom is 0.230 e. The number of nitrogens with two attached hydrogens (primary N) is 1. The summed E-state index contributed by atoms with van der Waals surface area (Å²) in [5.74, 6) is 0.296. The summed E-state index contributed by atoms with van der Waals surface area (Å²) < 4.78 is 0. The van der Waals surface area contributed by atoms with Crippen LogP contribution in [0.25, 0.3) is 0 Å². The molecule has 1 aliphatic rings. The predicted molar refractivity (Wildman–Crippen MR) is 80.2 cm³/mol. The molecule has 0 spiro atoms. The van der Waals surface area contributed by atoms with E-state index < -0.39 is 0 Å². The molecule has 1 atom stereocenters. The topological polar surface area (TPSA) is 72.1 Å². The minimum atomic E-state index is -0.106. The van der Waals surface area contributed by atoms with Crippen molar-refractivity contribution in [2.24, 2.45) is 0 Å². The zero-order chi connectivity index (χ0) is 14.8. The Bertz CT molecular complexity index is 657. The Hall–Kier alpha value is -2.43. The standard InChI is InChI=1S/C16H18N4O/c1-2-13(11-6-4-3-5-7-11)15(21)20-9-12-8-18-16(17)19-14(12)10-20/h3-8,13H,2,9-10H2,1H3,(H2,17,18,19). The van der Waals surface area contributed by atoms with Crippen molar-refractivity contribution in [1.29, 1.82) is 0 Å². The fourth-order valence-corrected chi connectivity index (χ4v) is 2.78. The highest BCUT2D eigenvalue weighted by atomic mass is 16.2. The van der Waals surface area contributed by atoms with E-state index in [4.69, 9.17) is 5.73 Å². The number of nitrogens with zero attached hydrogens (tertiary/aromatic N) is 3. The molecule has 0 radical (unpaired) electrons. The number of amides is 1. The molecule has 1 unspecified atom stereocenters. The van der Waals surface area contributed by atoms with Crippen LogP contribution in [0.3, 0.4) is 0 Å². The van der Waals surface area contributed by atoms with E-state index in [1.807, 2.05) is 42.2 Å². The van der Waals surface area contributed by atoms with Gasteiger partial charge in [0.25, 0.3) is 0 Å². The van der Waals surface area contributed by atoms with Crippen molar-refractivity contribution in [3.63, 3.8) is 0 Å². The van der Waals surface area contributed by atoms with Gasteiger partial charge in [-0.3, -0.25) is 4.79 Å². The van der Waals surface area contributed by atoms with Crippen LogP contribution in [-0.2, 0) is 17.9 Å². The van der Waals surface area contributed by atoms with Gasteiger partial charge in [0.2, 0.25) is 11.9 Å². The van der Waals surface area contributed by atoms with Crippen molar-refractivity contribution in [3.8, 4) is 0 Å². The van der Waals surface area contributed by atoms with Gasteiger partial charge in [0.15, 0.2) is 0 Å². The smallest absolute Gasteiger partial charge is 0.230 e. The Morgan fingerprint density at radius 2 is 2.10 bits per heavy atom. The third-order valence-corrected chi connectivity index (χ3v) is 3.89. The second-order valence-electron chi connectivity index (χ2n) is 5.27. The largest absolute Gasteiger partial charge is 0.368 e. The SMILES string of the molecule is CCC(C(=O)N1Cc2cnc(N)nc2C1)c1ccccc1. The summed E-state index contributed by atoms with van der Waals surface area (Å²) in [7, 11) is 0. The Balaban J connectivity index is 1.80. The summed E-state index contributed by atoms with van der Waals surface area (Å²) >= 11 is 0. The average Bonchev–Trinajstić information content (AvgIpc) is 2.92. The van der Waals surface area contributed by atoms with E-state index in [0.29, 0.717) is 13.1 Å². The minimum Gasteiger partial charge on any atom is -0.368 e. The van der Waals surface area contributed by atoms with Crippen LogP contribution in [0.15, 0.2) is 36.5 Å². The first kappa shape index (κ1) is 13.5. The van der Waals surface area contributed by atoms with E-state index in [1.165, 1.54) is 0 Å². The summed E-state index contributed by atoms with van der Waals surface area (Å²) in [5, 5.41) is 0. The van der Waals surface area contributed by atoms with E-state index in [-0.39, 0.29) is 17.8 Å². The van der Waals surface area contributed by atoms with Crippen LogP contribution >= 0.6 is 0 Å². The number of benzene rings is 1. The second kappa shape index (κ2) is 5.52. The molecule has 0 aliphatic carbocycles. The number of fused-ring (bicyclic) bond motifs is 1. The molecule has 0 saturated heterocycles. The van der Waals surface area contributed by atoms with Crippen molar-refractivity contribution in [3.05, 3.63) is 53.3 Å². The molecule has 21 heavy (non-hydrogen) atoms. The van der Waals surface area contributed by atoms with E-state index in [0.717, 1.165) is 23.2 Å². The fourth-order valence-electron chi connectivity index (χ4n) is 2.78. The number of rotatable bonds is 3. The number of carbonyl (C=O) groups excluding carboxylic acids is 1. The Labute approximate surface area is 123 Å². The third-order valence-electron chi connectivity index (χ3n) is 3.89. The number of carbonyl (C=O) groups is 1. The van der Waals surface area contributed by atoms with Gasteiger partial charge >= 0.3 is 0 Å². The van der Waals surface area contributed by atoms with Gasteiger partial charge in [-0.15, -0.1) is 0 Å². The molecule has 2 heterocycles. The summed E-state index contributed by atoms with van der Waals surface area (Å²) in [6.07, 6.45) is 2.50. The number of hydrogen-bond acceptors (Lipinski definition) is 4. The number of hydrogen-bond donors (Lipinski definition) is 1. The highest BCUT2D eigenvalue weighted by Gasteiger charge is 2.30. The molecule has 1 aromatic heterocycles. The van der Waals surface area contributed by atoms with Crippen molar-refractivity contribution < 1.29 is 4.79 Å². The highest BCUT2D eigenvalue weighted by molar-refractivity contribution is 5.84. The van der Waals surface area contributed by atoms with Crippen LogP contribution < -0.4 is 5.73 Å². The van der Waals surface area contributed by atoms with E-state index in [2.05, 4.69) is 9.97 Å². The molecule has 5 nitrogen and oxygen atoms in total. The molecule has 108 valence electrons. The third kappa shape index (κ3) is 2.59. The lowest BCUT2D eigenvalue weighted by molar-refractivity contribution is -0.133. The van der Waals surface area contributed by atoms with Gasteiger partial charge in [-0.25, -0.2) is 9.97 Å². The summed E-state index contributed by atoms with van der Waals surface area (Å²) in [6, 6.07) is 9.91. The zero-order valence-electron chi connectivity index (χ0n) is 12.0. The molecule has 1 aliphatic heterocycles. The van der Waals surface area contributed by atoms with E-state index in [9.17, 15) is 4.79 Å². The molecular formula is C16H18N4O. The molecule has 0 bridgehead atoms. The molecular weight excluding hydrogens is 264 g/mol. The van der Waals surface area contributed by atoms with Crippen LogP contribution in [-0.4, -0.2) is 20.8 Å². The van der Waals surface area contributed by atoms with E-state index >= 15 is 0 Å². The lowest BCUT2D eigenvalue weighted by Gasteiger charge is -2.22. The van der Waals surface area contributed by atoms with Crippen molar-refractivity contribution >= 4 is 11.9 Å². The molecule has 1 amide bonds. The maximum absolute atomic E-state index is 12.8. The average molecular weight is 282 g/mol. The predicted octanol–water partition coefficient (Wildman–Crippen LogP) is 2.09. The van der Waals surface area contributed by atoms with E-state index in [1.54, 1.807) is 6.20 Å². The lowest BCUT2D eigenvalue weighted by Crippen LogP contribution is -2.30. The van der Waals surface area contributed by atoms with Crippen molar-refractivity contribution in [2.45, 2.75) is 32.4 Å². The lowest BCUT2D eigenvalue weighted by atomic mass is 9.95. The molecule has 5 heteroatoms. The van der Waals surface area contributed by atoms with Gasteiger partial charge in [-0.05, 0) is 12.0 Å². The van der Waals surface area contributed by atoms with Gasteiger partial charge < -0.3 is 10.6 Å². The fraction of sp³-hybridized carbons (Fsp3) is 0.312. The van der Waals surface area contributed by atoms with Gasteiger partial charge in [-0.2, -0.15) is 0 Å². The Kier molecular flexibility index (Phi) is 3.56. The molecule has 3 rings (SSSR count). The van der Waals surface area contributed by atoms with Crippen LogP contribution in [0, 0.1) is 0 Å². The first-order valence-corrected chi connectivity index (χ1v) is 7.13. The quantitative estimate of drug-likeness (QED) is 0.935. The normalized spacial score (nSPS) is 14.8. The van der Waals surface area contributed by atoms with Crippen LogP contribution in [0.1, 0.15) is 36.1 Å². The molecule has 2 N–H and O–H groups in total. The van der Waals surface area contributed by atoms with Gasteiger partial charge in [-0.1, -0.05) is 37.3 Å². The zero-order valence-corrected chi connectivity index (χ0v) is 12.0. The first-order chi connectivity index (χ1) is 10.2. The summed E-state index contributed by atoms with van der Waals surface area (Å²) in [5.41, 5.74) is 8.51. The molecule has 2 aromatic rings. The first-order valence-electron chi connectivity index (χ1n) is 7.13. The summed E-state index contributed by atoms with van der Waals surface area (Å²) in [4.78, 5) is 22.8. The van der Waals surface area contributed by atoms with Gasteiger partial charge in [0, 0.05) is 18.3 Å². The number of anilines is 1. The highest BCUT2D eigenvalue weighted by Crippen LogP contribution is 2.27. The summed E-state index contributed by atoms with van der Waals surface area (Å²) in [6.45, 7) is 3.12. The molecule has 0 saturated carbocycles. The monoisotopic (exact) mass is 282 g/mol. The molecule has 1 aromatic carbocycles. The van der Waals surface area contributed by atoms with Crippen LogP contribution in [0.2, 0.25) is 0 Å². The van der Waals surface area contributed by atoms with Crippen molar-refractivity contribution in [2.75, 3.05) is 5.73 Å². The van der Waals surface area contributed by atoms with Gasteiger partial charge in [0.05, 0.1) is 18.2 Å². The van der Waals surface area contributed by atoms with Crippen LogP contribution in [0.4, 0.5) is 5.95 Å². The number of nitrogen functional groups attached to an aromatic ring is 1. The van der Waals surface area contributed by atoms with Gasteiger partial charge in [0.1, 0.15) is 0 Å². The van der Waals surface area contributed by atoms with Crippen LogP contribution in [0.5, 0.6) is 0 Å². The minimum absolute atomic E-state index is 0.106. The Morgan fingerprint density at radius 1 is 1.33 bits per heavy atom.